The molecule has 5 rings (SSSR count). The summed E-state index contributed by atoms with van der Waals surface area (Å²) in [5.74, 6) is 0.521. The molecule has 0 spiro atoms. The molecule has 1 fully saturated rings. The van der Waals surface area contributed by atoms with Crippen molar-refractivity contribution in [3.05, 3.63) is 119 Å². The number of carbonyl (C=O) groups is 1. The Balaban J connectivity index is 1.06. The average Bonchev–Trinajstić information content (AvgIpc) is 2.95. The van der Waals surface area contributed by atoms with Crippen molar-refractivity contribution >= 4 is 17.5 Å². The van der Waals surface area contributed by atoms with Crippen LogP contribution in [-0.2, 0) is 13.1 Å². The Morgan fingerprint density at radius 1 is 0.865 bits per heavy atom. The molecular weight excluding hydrogens is 482 g/mol. The van der Waals surface area contributed by atoms with E-state index in [9.17, 15) is 4.79 Å². The van der Waals surface area contributed by atoms with Crippen molar-refractivity contribution in [3.8, 4) is 17.0 Å². The summed E-state index contributed by atoms with van der Waals surface area (Å²) >= 11 is 5.99. The van der Waals surface area contributed by atoms with Crippen LogP contribution in [0.1, 0.15) is 34.3 Å². The quantitative estimate of drug-likeness (QED) is 0.298. The number of carbonyl (C=O) groups excluding carboxylic acids is 1. The fourth-order valence-electron chi connectivity index (χ4n) is 4.52. The maximum Gasteiger partial charge on any atom is 0.251 e. The van der Waals surface area contributed by atoms with E-state index >= 15 is 0 Å². The van der Waals surface area contributed by atoms with Crippen LogP contribution in [0.4, 0.5) is 0 Å². The van der Waals surface area contributed by atoms with Crippen LogP contribution in [-0.4, -0.2) is 35.0 Å². The zero-order valence-corrected chi connectivity index (χ0v) is 21.4. The van der Waals surface area contributed by atoms with Gasteiger partial charge in [-0.05, 0) is 59.4 Å². The van der Waals surface area contributed by atoms with E-state index in [1.807, 2.05) is 66.7 Å². The molecule has 37 heavy (non-hydrogen) atoms. The first-order valence-electron chi connectivity index (χ1n) is 12.6. The second-order valence-electron chi connectivity index (χ2n) is 9.35. The number of nitrogens with one attached hydrogen (secondary N) is 1. The van der Waals surface area contributed by atoms with Gasteiger partial charge in [0.25, 0.3) is 5.91 Å². The smallest absolute Gasteiger partial charge is 0.251 e. The normalized spacial score (nSPS) is 14.3. The van der Waals surface area contributed by atoms with E-state index < -0.39 is 0 Å². The topological polar surface area (TPSA) is 54.5 Å². The average molecular weight is 512 g/mol. The van der Waals surface area contributed by atoms with Gasteiger partial charge in [-0.1, -0.05) is 72.3 Å². The SMILES string of the molecule is O=C(NCc1ccc(OC2CCN(Cc3ccc(Cl)cc3)CC2)nc1)c1ccc(-c2ccccc2)cc1. The molecular formula is C31H30ClN3O2. The molecule has 188 valence electrons. The summed E-state index contributed by atoms with van der Waals surface area (Å²) in [5.41, 5.74) is 5.06. The van der Waals surface area contributed by atoms with Crippen molar-refractivity contribution in [2.24, 2.45) is 0 Å². The standard InChI is InChI=1S/C31H30ClN3O2/c32-28-13-6-23(7-14-28)22-35-18-16-29(17-19-35)37-30-15-8-24(20-33-30)21-34-31(36)27-11-9-26(10-12-27)25-4-2-1-3-5-25/h1-15,20,29H,16-19,21-22H2,(H,34,36). The molecule has 0 saturated carbocycles. The number of benzene rings is 3. The molecule has 1 aliphatic heterocycles. The van der Waals surface area contributed by atoms with Crippen LogP contribution >= 0.6 is 11.6 Å². The zero-order valence-electron chi connectivity index (χ0n) is 20.6. The van der Waals surface area contributed by atoms with Gasteiger partial charge >= 0.3 is 0 Å². The highest BCUT2D eigenvalue weighted by Gasteiger charge is 2.21. The summed E-state index contributed by atoms with van der Waals surface area (Å²) in [6.45, 7) is 3.32. The highest BCUT2D eigenvalue weighted by Crippen LogP contribution is 2.21. The molecule has 3 aromatic carbocycles. The number of likely N-dealkylation sites (tertiary alicyclic amines) is 1. The third kappa shape index (κ3) is 6.97. The fourth-order valence-corrected chi connectivity index (χ4v) is 4.64. The number of piperidine rings is 1. The Kier molecular flexibility index (Phi) is 8.14. The first-order chi connectivity index (χ1) is 18.1. The van der Waals surface area contributed by atoms with Gasteiger partial charge in [-0.3, -0.25) is 9.69 Å². The number of amides is 1. The van der Waals surface area contributed by atoms with Gasteiger partial charge in [-0.2, -0.15) is 0 Å². The number of hydrogen-bond donors (Lipinski definition) is 1. The molecule has 0 bridgehead atoms. The third-order valence-corrected chi connectivity index (χ3v) is 6.90. The van der Waals surface area contributed by atoms with Gasteiger partial charge in [0.15, 0.2) is 0 Å². The van der Waals surface area contributed by atoms with Gasteiger partial charge in [-0.25, -0.2) is 4.98 Å². The lowest BCUT2D eigenvalue weighted by molar-refractivity contribution is 0.0932. The highest BCUT2D eigenvalue weighted by molar-refractivity contribution is 6.30. The van der Waals surface area contributed by atoms with Crippen LogP contribution < -0.4 is 10.1 Å². The van der Waals surface area contributed by atoms with Gasteiger partial charge < -0.3 is 10.1 Å². The molecule has 5 nitrogen and oxygen atoms in total. The van der Waals surface area contributed by atoms with E-state index in [2.05, 4.69) is 39.5 Å². The molecule has 0 unspecified atom stereocenters. The Hall–Kier alpha value is -3.67. The van der Waals surface area contributed by atoms with Crippen molar-refractivity contribution in [3.63, 3.8) is 0 Å². The largest absolute Gasteiger partial charge is 0.474 e. The molecule has 4 aromatic rings. The van der Waals surface area contributed by atoms with Crippen LogP contribution in [0.2, 0.25) is 5.02 Å². The van der Waals surface area contributed by atoms with Gasteiger partial charge in [-0.15, -0.1) is 0 Å². The summed E-state index contributed by atoms with van der Waals surface area (Å²) < 4.78 is 6.12. The predicted octanol–water partition coefficient (Wildman–Crippen LogP) is 6.38. The predicted molar refractivity (Wildman–Crippen MR) is 148 cm³/mol. The first kappa shape index (κ1) is 25.0. The highest BCUT2D eigenvalue weighted by atomic mass is 35.5. The lowest BCUT2D eigenvalue weighted by Gasteiger charge is -2.31. The minimum Gasteiger partial charge on any atom is -0.474 e. The van der Waals surface area contributed by atoms with E-state index in [0.717, 1.165) is 54.2 Å². The zero-order chi connectivity index (χ0) is 25.5. The number of pyridine rings is 1. The second kappa shape index (κ2) is 12.0. The molecule has 1 aliphatic rings. The Morgan fingerprint density at radius 2 is 1.54 bits per heavy atom. The summed E-state index contributed by atoms with van der Waals surface area (Å²) in [6, 6.07) is 29.7. The van der Waals surface area contributed by atoms with Gasteiger partial charge in [0.2, 0.25) is 5.88 Å². The number of rotatable bonds is 8. The van der Waals surface area contributed by atoms with Crippen LogP contribution in [0.25, 0.3) is 11.1 Å². The summed E-state index contributed by atoms with van der Waals surface area (Å²) in [5, 5.41) is 3.74. The molecule has 0 aliphatic carbocycles. The van der Waals surface area contributed by atoms with Crippen LogP contribution in [0.3, 0.4) is 0 Å². The number of halogens is 1. The number of hydrogen-bond acceptors (Lipinski definition) is 4. The van der Waals surface area contributed by atoms with E-state index in [-0.39, 0.29) is 12.0 Å². The third-order valence-electron chi connectivity index (χ3n) is 6.65. The molecule has 1 saturated heterocycles. The monoisotopic (exact) mass is 511 g/mol. The molecule has 1 aromatic heterocycles. The summed E-state index contributed by atoms with van der Waals surface area (Å²) in [6.07, 6.45) is 3.87. The summed E-state index contributed by atoms with van der Waals surface area (Å²) in [7, 11) is 0. The van der Waals surface area contributed by atoms with Crippen molar-refractivity contribution in [2.75, 3.05) is 13.1 Å². The lowest BCUT2D eigenvalue weighted by Crippen LogP contribution is -2.37. The van der Waals surface area contributed by atoms with Crippen LogP contribution in [0, 0.1) is 0 Å². The van der Waals surface area contributed by atoms with Crippen molar-refractivity contribution in [1.82, 2.24) is 15.2 Å². The Labute approximate surface area is 223 Å². The van der Waals surface area contributed by atoms with E-state index in [4.69, 9.17) is 16.3 Å². The molecule has 0 atom stereocenters. The minimum absolute atomic E-state index is 0.106. The molecule has 0 radical (unpaired) electrons. The number of ether oxygens (including phenoxy) is 1. The Morgan fingerprint density at radius 3 is 2.22 bits per heavy atom. The minimum atomic E-state index is -0.106. The van der Waals surface area contributed by atoms with Crippen LogP contribution in [0.15, 0.2) is 97.2 Å². The molecule has 1 N–H and O–H groups in total. The summed E-state index contributed by atoms with van der Waals surface area (Å²) in [4.78, 5) is 19.5. The fraction of sp³-hybridized carbons (Fsp3) is 0.226. The van der Waals surface area contributed by atoms with E-state index in [0.29, 0.717) is 18.0 Å². The van der Waals surface area contributed by atoms with E-state index in [1.54, 1.807) is 6.20 Å². The number of nitrogens with zero attached hydrogens (tertiary/aromatic N) is 2. The van der Waals surface area contributed by atoms with Crippen molar-refractivity contribution in [1.29, 1.82) is 0 Å². The maximum absolute atomic E-state index is 12.6. The second-order valence-corrected chi connectivity index (χ2v) is 9.79. The maximum atomic E-state index is 12.6. The Bertz CT molecular complexity index is 1290. The molecule has 1 amide bonds. The lowest BCUT2D eigenvalue weighted by atomic mass is 10.0. The van der Waals surface area contributed by atoms with E-state index in [1.165, 1.54) is 5.56 Å². The van der Waals surface area contributed by atoms with Gasteiger partial charge in [0.1, 0.15) is 6.10 Å². The van der Waals surface area contributed by atoms with Gasteiger partial charge in [0.05, 0.1) is 0 Å². The van der Waals surface area contributed by atoms with Gasteiger partial charge in [0, 0.05) is 49.0 Å². The molecule has 2 heterocycles. The first-order valence-corrected chi connectivity index (χ1v) is 13.0. The molecule has 6 heteroatoms. The van der Waals surface area contributed by atoms with Crippen LogP contribution in [0.5, 0.6) is 5.88 Å². The van der Waals surface area contributed by atoms with Crippen molar-refractivity contribution in [2.45, 2.75) is 32.0 Å². The number of aromatic nitrogens is 1. The van der Waals surface area contributed by atoms with Crippen molar-refractivity contribution < 1.29 is 9.53 Å².